The molecule has 1 N–H and O–H groups in total. The van der Waals surface area contributed by atoms with Crippen LogP contribution in [0.3, 0.4) is 0 Å². The molecule has 0 bridgehead atoms. The molecule has 2 aromatic heterocycles. The zero-order valence-electron chi connectivity index (χ0n) is 16.0. The van der Waals surface area contributed by atoms with Gasteiger partial charge in [0.05, 0.1) is 15.8 Å². The lowest BCUT2D eigenvalue weighted by Crippen LogP contribution is -2.11. The van der Waals surface area contributed by atoms with Crippen molar-refractivity contribution in [2.45, 2.75) is 6.92 Å². The van der Waals surface area contributed by atoms with Gasteiger partial charge in [-0.15, -0.1) is 0 Å². The highest BCUT2D eigenvalue weighted by molar-refractivity contribution is 7.22. The summed E-state index contributed by atoms with van der Waals surface area (Å²) in [5, 5.41) is 4.25. The molecule has 0 unspecified atom stereocenters. The molecule has 6 heteroatoms. The van der Waals surface area contributed by atoms with Crippen LogP contribution in [-0.2, 0) is 0 Å². The molecule has 2 heterocycles. The van der Waals surface area contributed by atoms with E-state index in [9.17, 15) is 9.59 Å². The predicted octanol–water partition coefficient (Wildman–Crippen LogP) is 5.63. The van der Waals surface area contributed by atoms with E-state index in [0.29, 0.717) is 27.4 Å². The average Bonchev–Trinajstić information content (AvgIpc) is 3.14. The topological polar surface area (TPSA) is 72.2 Å². The van der Waals surface area contributed by atoms with E-state index in [4.69, 9.17) is 4.42 Å². The van der Waals surface area contributed by atoms with Gasteiger partial charge in [-0.1, -0.05) is 47.7 Å². The van der Waals surface area contributed by atoms with Crippen LogP contribution in [0, 0.1) is 6.92 Å². The van der Waals surface area contributed by atoms with Gasteiger partial charge in [0.1, 0.15) is 5.58 Å². The molecule has 5 aromatic rings. The van der Waals surface area contributed by atoms with E-state index in [1.807, 2.05) is 43.3 Å². The molecule has 0 spiro atoms. The number of aryl methyl sites for hydroxylation is 1. The first kappa shape index (κ1) is 18.3. The number of amides is 1. The summed E-state index contributed by atoms with van der Waals surface area (Å²) < 4.78 is 6.43. The van der Waals surface area contributed by atoms with Gasteiger partial charge in [0.15, 0.2) is 5.13 Å². The molecular formula is C24H16N2O3S. The van der Waals surface area contributed by atoms with Crippen molar-refractivity contribution in [3.63, 3.8) is 0 Å². The Morgan fingerprint density at radius 3 is 2.63 bits per heavy atom. The minimum atomic E-state index is -0.407. The second kappa shape index (κ2) is 7.24. The number of carbonyl (C=O) groups excluding carboxylic acids is 1. The fourth-order valence-electron chi connectivity index (χ4n) is 3.32. The molecule has 0 saturated heterocycles. The smallest absolute Gasteiger partial charge is 0.344 e. The first-order valence-electron chi connectivity index (χ1n) is 9.39. The zero-order chi connectivity index (χ0) is 20.7. The quantitative estimate of drug-likeness (QED) is 0.390. The number of carbonyl (C=O) groups is 1. The molecule has 1 amide bonds. The number of hydrogen-bond donors (Lipinski definition) is 1. The van der Waals surface area contributed by atoms with Gasteiger partial charge in [0.2, 0.25) is 0 Å². The summed E-state index contributed by atoms with van der Waals surface area (Å²) in [6.45, 7) is 2.02. The molecule has 5 rings (SSSR count). The Morgan fingerprint density at radius 1 is 1.00 bits per heavy atom. The second-order valence-electron chi connectivity index (χ2n) is 7.01. The zero-order valence-corrected chi connectivity index (χ0v) is 16.8. The van der Waals surface area contributed by atoms with Crippen LogP contribution in [0.1, 0.15) is 15.9 Å². The number of thiazole rings is 1. The molecule has 146 valence electrons. The Morgan fingerprint density at radius 2 is 1.80 bits per heavy atom. The average molecular weight is 412 g/mol. The number of nitrogens with one attached hydrogen (secondary N) is 1. The van der Waals surface area contributed by atoms with E-state index in [-0.39, 0.29) is 5.91 Å². The molecule has 5 nitrogen and oxygen atoms in total. The van der Waals surface area contributed by atoms with Crippen LogP contribution in [0.25, 0.3) is 32.3 Å². The molecule has 0 radical (unpaired) electrons. The summed E-state index contributed by atoms with van der Waals surface area (Å²) in [5.41, 5.74) is 3.80. The Hall–Kier alpha value is -3.77. The highest BCUT2D eigenvalue weighted by Gasteiger charge is 2.12. The fourth-order valence-corrected chi connectivity index (χ4v) is 4.28. The van der Waals surface area contributed by atoms with Crippen LogP contribution >= 0.6 is 11.3 Å². The van der Waals surface area contributed by atoms with Gasteiger partial charge in [0.25, 0.3) is 5.91 Å². The van der Waals surface area contributed by atoms with Crippen molar-refractivity contribution in [1.29, 1.82) is 0 Å². The SMILES string of the molecule is Cc1ccc2nc(NC(=O)c3ccc(-c4cc5ccccc5oc4=O)cc3)sc2c1. The molecule has 0 saturated carbocycles. The number of para-hydroxylation sites is 1. The summed E-state index contributed by atoms with van der Waals surface area (Å²) in [7, 11) is 0. The van der Waals surface area contributed by atoms with Crippen LogP contribution in [0.15, 0.2) is 82.0 Å². The number of hydrogen-bond acceptors (Lipinski definition) is 5. The summed E-state index contributed by atoms with van der Waals surface area (Å²) in [4.78, 5) is 29.4. The number of aromatic nitrogens is 1. The highest BCUT2D eigenvalue weighted by atomic mass is 32.1. The molecular weight excluding hydrogens is 396 g/mol. The lowest BCUT2D eigenvalue weighted by Gasteiger charge is -2.05. The van der Waals surface area contributed by atoms with Crippen LogP contribution in [0.2, 0.25) is 0 Å². The largest absolute Gasteiger partial charge is 0.422 e. The maximum Gasteiger partial charge on any atom is 0.344 e. The minimum absolute atomic E-state index is 0.247. The Labute approximate surface area is 175 Å². The van der Waals surface area contributed by atoms with Crippen molar-refractivity contribution in [1.82, 2.24) is 4.98 Å². The van der Waals surface area contributed by atoms with Crippen LogP contribution in [0.4, 0.5) is 5.13 Å². The summed E-state index contributed by atoms with van der Waals surface area (Å²) in [5.74, 6) is -0.247. The molecule has 0 aliphatic heterocycles. The Balaban J connectivity index is 1.41. The van der Waals surface area contributed by atoms with E-state index in [1.54, 1.807) is 36.4 Å². The first-order chi connectivity index (χ1) is 14.6. The van der Waals surface area contributed by atoms with E-state index in [2.05, 4.69) is 10.3 Å². The van der Waals surface area contributed by atoms with E-state index < -0.39 is 5.63 Å². The number of rotatable bonds is 3. The van der Waals surface area contributed by atoms with Gasteiger partial charge in [-0.05, 0) is 54.4 Å². The monoisotopic (exact) mass is 412 g/mol. The number of fused-ring (bicyclic) bond motifs is 2. The van der Waals surface area contributed by atoms with Gasteiger partial charge >= 0.3 is 5.63 Å². The van der Waals surface area contributed by atoms with Crippen LogP contribution < -0.4 is 10.9 Å². The third kappa shape index (κ3) is 3.38. The summed E-state index contributed by atoms with van der Waals surface area (Å²) >= 11 is 1.44. The van der Waals surface area contributed by atoms with Crippen molar-refractivity contribution in [2.24, 2.45) is 0 Å². The normalized spacial score (nSPS) is 11.1. The Bertz CT molecular complexity index is 1470. The van der Waals surface area contributed by atoms with Gasteiger partial charge in [-0.2, -0.15) is 0 Å². The third-order valence-corrected chi connectivity index (χ3v) is 5.80. The van der Waals surface area contributed by atoms with Crippen molar-refractivity contribution in [3.05, 3.63) is 94.3 Å². The molecule has 0 aliphatic carbocycles. The first-order valence-corrected chi connectivity index (χ1v) is 10.2. The maximum absolute atomic E-state index is 12.6. The number of nitrogens with zero attached hydrogens (tertiary/aromatic N) is 1. The lowest BCUT2D eigenvalue weighted by atomic mass is 10.0. The summed E-state index contributed by atoms with van der Waals surface area (Å²) in [6.07, 6.45) is 0. The molecule has 30 heavy (non-hydrogen) atoms. The highest BCUT2D eigenvalue weighted by Crippen LogP contribution is 2.27. The van der Waals surface area contributed by atoms with E-state index in [1.165, 1.54) is 11.3 Å². The van der Waals surface area contributed by atoms with E-state index in [0.717, 1.165) is 21.2 Å². The Kier molecular flexibility index (Phi) is 4.41. The van der Waals surface area contributed by atoms with Crippen LogP contribution in [0.5, 0.6) is 0 Å². The van der Waals surface area contributed by atoms with E-state index >= 15 is 0 Å². The van der Waals surface area contributed by atoms with Gasteiger partial charge in [-0.25, -0.2) is 9.78 Å². The summed E-state index contributed by atoms with van der Waals surface area (Å²) in [6, 6.07) is 22.0. The lowest BCUT2D eigenvalue weighted by molar-refractivity contribution is 0.102. The predicted molar refractivity (Wildman–Crippen MR) is 120 cm³/mol. The minimum Gasteiger partial charge on any atom is -0.422 e. The van der Waals surface area contributed by atoms with Gasteiger partial charge < -0.3 is 4.42 Å². The standard InChI is InChI=1S/C24H16N2O3S/c1-14-6-11-19-21(12-14)30-24(25-19)26-22(27)16-9-7-15(8-10-16)18-13-17-4-2-3-5-20(17)29-23(18)28/h2-13H,1H3,(H,25,26,27). The molecule has 0 fully saturated rings. The fraction of sp³-hybridized carbons (Fsp3) is 0.0417. The molecule has 3 aromatic carbocycles. The van der Waals surface area contributed by atoms with Crippen molar-refractivity contribution < 1.29 is 9.21 Å². The number of benzene rings is 3. The third-order valence-electron chi connectivity index (χ3n) is 4.86. The van der Waals surface area contributed by atoms with Gasteiger partial charge in [0, 0.05) is 10.9 Å². The molecule has 0 aliphatic rings. The van der Waals surface area contributed by atoms with Gasteiger partial charge in [-0.3, -0.25) is 10.1 Å². The van der Waals surface area contributed by atoms with Crippen LogP contribution in [-0.4, -0.2) is 10.9 Å². The number of anilines is 1. The second-order valence-corrected chi connectivity index (χ2v) is 8.04. The van der Waals surface area contributed by atoms with Crippen molar-refractivity contribution in [3.8, 4) is 11.1 Å². The molecule has 0 atom stereocenters. The van der Waals surface area contributed by atoms with Crippen molar-refractivity contribution in [2.75, 3.05) is 5.32 Å². The maximum atomic E-state index is 12.6. The van der Waals surface area contributed by atoms with Crippen molar-refractivity contribution >= 4 is 43.6 Å².